The molecule has 1 aliphatic carbocycles. The van der Waals surface area contributed by atoms with Crippen LogP contribution in [0.2, 0.25) is 0 Å². The summed E-state index contributed by atoms with van der Waals surface area (Å²) in [6.07, 6.45) is 5.11. The van der Waals surface area contributed by atoms with Crippen LogP contribution in [0.1, 0.15) is 41.5 Å². The Labute approximate surface area is 139 Å². The van der Waals surface area contributed by atoms with Crippen molar-refractivity contribution in [2.75, 3.05) is 0 Å². The van der Waals surface area contributed by atoms with Gasteiger partial charge < -0.3 is 0 Å². The quantitative estimate of drug-likeness (QED) is 0.770. The summed E-state index contributed by atoms with van der Waals surface area (Å²) in [4.78, 5) is 13.0. The summed E-state index contributed by atoms with van der Waals surface area (Å²) < 4.78 is 0. The molecular formula is C22H26O. The second kappa shape index (κ2) is 7.12. The number of benzene rings is 2. The third-order valence-corrected chi connectivity index (χ3v) is 5.37. The molecular weight excluding hydrogens is 280 g/mol. The Hall–Kier alpha value is -1.89. The molecule has 1 fully saturated rings. The first-order chi connectivity index (χ1) is 11.1. The first-order valence-electron chi connectivity index (χ1n) is 8.78. The van der Waals surface area contributed by atoms with E-state index >= 15 is 0 Å². The van der Waals surface area contributed by atoms with Gasteiger partial charge in [0.15, 0.2) is 0 Å². The van der Waals surface area contributed by atoms with Gasteiger partial charge in [-0.05, 0) is 61.8 Å². The molecule has 0 aliphatic heterocycles. The predicted molar refractivity (Wildman–Crippen MR) is 95.6 cm³/mol. The van der Waals surface area contributed by atoms with E-state index in [0.717, 1.165) is 25.7 Å². The fourth-order valence-corrected chi connectivity index (χ4v) is 3.84. The van der Waals surface area contributed by atoms with Crippen molar-refractivity contribution in [3.63, 3.8) is 0 Å². The van der Waals surface area contributed by atoms with E-state index in [-0.39, 0.29) is 11.8 Å². The fourth-order valence-electron chi connectivity index (χ4n) is 3.84. The SMILES string of the molecule is Cc1ccccc1C[C@@H]1CCC[C@@H](Cc2ccccc2C)C1=O. The van der Waals surface area contributed by atoms with Crippen molar-refractivity contribution in [3.05, 3.63) is 70.8 Å². The molecule has 0 unspecified atom stereocenters. The average molecular weight is 306 g/mol. The summed E-state index contributed by atoms with van der Waals surface area (Å²) in [5, 5.41) is 0. The second-order valence-corrected chi connectivity index (χ2v) is 6.99. The topological polar surface area (TPSA) is 17.1 Å². The molecule has 2 aromatic rings. The van der Waals surface area contributed by atoms with Crippen molar-refractivity contribution in [2.24, 2.45) is 11.8 Å². The lowest BCUT2D eigenvalue weighted by Crippen LogP contribution is -2.31. The van der Waals surface area contributed by atoms with Gasteiger partial charge in [0.1, 0.15) is 5.78 Å². The number of Topliss-reactive ketones (excluding diaryl/α,β-unsaturated/α-hetero) is 1. The van der Waals surface area contributed by atoms with Crippen molar-refractivity contribution in [1.29, 1.82) is 0 Å². The maximum Gasteiger partial charge on any atom is 0.139 e. The Bertz CT molecular complexity index is 628. The molecule has 0 aromatic heterocycles. The molecule has 1 heteroatoms. The van der Waals surface area contributed by atoms with Crippen molar-refractivity contribution in [1.82, 2.24) is 0 Å². The lowest BCUT2D eigenvalue weighted by molar-refractivity contribution is -0.129. The van der Waals surface area contributed by atoms with Crippen LogP contribution in [0.5, 0.6) is 0 Å². The van der Waals surface area contributed by atoms with Crippen molar-refractivity contribution < 1.29 is 4.79 Å². The van der Waals surface area contributed by atoms with Crippen molar-refractivity contribution >= 4 is 5.78 Å². The maximum atomic E-state index is 13.0. The van der Waals surface area contributed by atoms with Crippen LogP contribution in [0, 0.1) is 25.7 Å². The van der Waals surface area contributed by atoms with E-state index in [1.165, 1.54) is 28.7 Å². The van der Waals surface area contributed by atoms with Crippen LogP contribution in [-0.4, -0.2) is 5.78 Å². The van der Waals surface area contributed by atoms with Crippen LogP contribution >= 0.6 is 0 Å². The van der Waals surface area contributed by atoms with E-state index in [2.05, 4.69) is 62.4 Å². The van der Waals surface area contributed by atoms with Crippen molar-refractivity contribution in [3.8, 4) is 0 Å². The van der Waals surface area contributed by atoms with E-state index in [9.17, 15) is 4.79 Å². The third-order valence-electron chi connectivity index (χ3n) is 5.37. The molecule has 3 rings (SSSR count). The highest BCUT2D eigenvalue weighted by molar-refractivity contribution is 5.84. The van der Waals surface area contributed by atoms with Gasteiger partial charge in [-0.15, -0.1) is 0 Å². The van der Waals surface area contributed by atoms with Crippen LogP contribution in [0.25, 0.3) is 0 Å². The molecule has 2 atom stereocenters. The lowest BCUT2D eigenvalue weighted by atomic mass is 9.74. The maximum absolute atomic E-state index is 13.0. The van der Waals surface area contributed by atoms with Gasteiger partial charge in [-0.2, -0.15) is 0 Å². The van der Waals surface area contributed by atoms with Gasteiger partial charge in [0.2, 0.25) is 0 Å². The van der Waals surface area contributed by atoms with Crippen molar-refractivity contribution in [2.45, 2.75) is 46.0 Å². The second-order valence-electron chi connectivity index (χ2n) is 6.99. The number of hydrogen-bond acceptors (Lipinski definition) is 1. The molecule has 23 heavy (non-hydrogen) atoms. The van der Waals surface area contributed by atoms with Gasteiger partial charge in [0.05, 0.1) is 0 Å². The Morgan fingerprint density at radius 1 is 0.783 bits per heavy atom. The Morgan fingerprint density at radius 2 is 1.22 bits per heavy atom. The van der Waals surface area contributed by atoms with Crippen LogP contribution < -0.4 is 0 Å². The standard InChI is InChI=1S/C22H26O/c1-16-8-3-5-10-18(16)14-20-12-7-13-21(22(20)23)15-19-11-6-4-9-17(19)2/h3-6,8-11,20-21H,7,12-15H2,1-2H3/t20-,21-/m0/s1. The molecule has 2 aromatic carbocycles. The zero-order valence-electron chi connectivity index (χ0n) is 14.2. The monoisotopic (exact) mass is 306 g/mol. The number of ketones is 1. The van der Waals surface area contributed by atoms with E-state index in [1.807, 2.05) is 0 Å². The summed E-state index contributed by atoms with van der Waals surface area (Å²) in [6.45, 7) is 4.29. The first-order valence-corrected chi connectivity index (χ1v) is 8.78. The van der Waals surface area contributed by atoms with Gasteiger partial charge in [0.25, 0.3) is 0 Å². The number of rotatable bonds is 4. The Morgan fingerprint density at radius 3 is 1.65 bits per heavy atom. The summed E-state index contributed by atoms with van der Waals surface area (Å²) >= 11 is 0. The molecule has 0 saturated heterocycles. The van der Waals surface area contributed by atoms with Gasteiger partial charge in [-0.25, -0.2) is 0 Å². The summed E-state index contributed by atoms with van der Waals surface area (Å²) in [6, 6.07) is 17.0. The van der Waals surface area contributed by atoms with E-state index in [4.69, 9.17) is 0 Å². The predicted octanol–water partition coefficient (Wildman–Crippen LogP) is 5.07. The van der Waals surface area contributed by atoms with Crippen LogP contribution in [0.3, 0.4) is 0 Å². The van der Waals surface area contributed by atoms with Gasteiger partial charge in [0, 0.05) is 11.8 Å². The molecule has 0 bridgehead atoms. The molecule has 0 amide bonds. The first kappa shape index (κ1) is 16.0. The number of hydrogen-bond donors (Lipinski definition) is 0. The van der Waals surface area contributed by atoms with Gasteiger partial charge >= 0.3 is 0 Å². The normalized spacial score (nSPS) is 21.4. The molecule has 1 aliphatic rings. The minimum atomic E-state index is 0.207. The Kier molecular flexibility index (Phi) is 4.95. The van der Waals surface area contributed by atoms with Gasteiger partial charge in [-0.1, -0.05) is 55.0 Å². The van der Waals surface area contributed by atoms with E-state index < -0.39 is 0 Å². The number of aryl methyl sites for hydroxylation is 2. The molecule has 0 radical (unpaired) electrons. The molecule has 0 heterocycles. The van der Waals surface area contributed by atoms with Crippen LogP contribution in [0.4, 0.5) is 0 Å². The molecule has 1 nitrogen and oxygen atoms in total. The molecule has 0 N–H and O–H groups in total. The average Bonchev–Trinajstić information content (AvgIpc) is 2.55. The zero-order valence-corrected chi connectivity index (χ0v) is 14.2. The van der Waals surface area contributed by atoms with Crippen LogP contribution in [-0.2, 0) is 17.6 Å². The minimum absolute atomic E-state index is 0.207. The number of carbonyl (C=O) groups excluding carboxylic acids is 1. The van der Waals surface area contributed by atoms with E-state index in [0.29, 0.717) is 5.78 Å². The highest BCUT2D eigenvalue weighted by Gasteiger charge is 2.31. The summed E-state index contributed by atoms with van der Waals surface area (Å²) in [5.74, 6) is 0.903. The molecule has 1 saturated carbocycles. The third kappa shape index (κ3) is 3.72. The lowest BCUT2D eigenvalue weighted by Gasteiger charge is -2.28. The highest BCUT2D eigenvalue weighted by Crippen LogP contribution is 2.31. The molecule has 120 valence electrons. The fraction of sp³-hybridized carbons (Fsp3) is 0.409. The van der Waals surface area contributed by atoms with Crippen LogP contribution in [0.15, 0.2) is 48.5 Å². The van der Waals surface area contributed by atoms with E-state index in [1.54, 1.807) is 0 Å². The number of carbonyl (C=O) groups is 1. The smallest absolute Gasteiger partial charge is 0.139 e. The largest absolute Gasteiger partial charge is 0.299 e. The molecule has 0 spiro atoms. The summed E-state index contributed by atoms with van der Waals surface area (Å²) in [5.41, 5.74) is 5.28. The minimum Gasteiger partial charge on any atom is -0.299 e. The summed E-state index contributed by atoms with van der Waals surface area (Å²) in [7, 11) is 0. The van der Waals surface area contributed by atoms with Gasteiger partial charge in [-0.3, -0.25) is 4.79 Å². The Balaban J connectivity index is 1.71. The highest BCUT2D eigenvalue weighted by atomic mass is 16.1. The zero-order chi connectivity index (χ0) is 16.2.